The first-order valence-corrected chi connectivity index (χ1v) is 5.09. The molecule has 0 saturated heterocycles. The Kier molecular flexibility index (Phi) is 5.21. The van der Waals surface area contributed by atoms with Crippen molar-refractivity contribution in [1.29, 1.82) is 0 Å². The van der Waals surface area contributed by atoms with Gasteiger partial charge in [0.15, 0.2) is 0 Å². The second-order valence-electron chi connectivity index (χ2n) is 3.67. The summed E-state index contributed by atoms with van der Waals surface area (Å²) in [5.74, 6) is -0.323. The van der Waals surface area contributed by atoms with Crippen molar-refractivity contribution in [2.75, 3.05) is 13.2 Å². The van der Waals surface area contributed by atoms with E-state index in [0.29, 0.717) is 19.3 Å². The van der Waals surface area contributed by atoms with Crippen LogP contribution in [-0.4, -0.2) is 24.2 Å². The van der Waals surface area contributed by atoms with E-state index in [4.69, 9.17) is 4.74 Å². The van der Waals surface area contributed by atoms with Crippen LogP contribution in [-0.2, 0) is 11.3 Å². The minimum atomic E-state index is -0.323. The van der Waals surface area contributed by atoms with Crippen LogP contribution in [0.15, 0.2) is 18.5 Å². The third-order valence-corrected chi connectivity index (χ3v) is 1.83. The Morgan fingerprint density at radius 2 is 2.27 bits per heavy atom. The van der Waals surface area contributed by atoms with Crippen molar-refractivity contribution in [2.24, 2.45) is 0 Å². The molecule has 4 heteroatoms. The standard InChI is InChI=1S/C11H17FN2O/c1-9(2)14-3-4-15-8-10-5-11(12)7-13-6-10/h5-7,9,14H,3-4,8H2,1-2H3. The summed E-state index contributed by atoms with van der Waals surface area (Å²) >= 11 is 0. The lowest BCUT2D eigenvalue weighted by molar-refractivity contribution is 0.121. The molecule has 0 fully saturated rings. The molecule has 0 bridgehead atoms. The highest BCUT2D eigenvalue weighted by Crippen LogP contribution is 2.01. The highest BCUT2D eigenvalue weighted by Gasteiger charge is 1.96. The van der Waals surface area contributed by atoms with Gasteiger partial charge in [0.1, 0.15) is 5.82 Å². The zero-order valence-corrected chi connectivity index (χ0v) is 9.16. The fraction of sp³-hybridized carbons (Fsp3) is 0.545. The maximum absolute atomic E-state index is 12.7. The third-order valence-electron chi connectivity index (χ3n) is 1.83. The van der Waals surface area contributed by atoms with Crippen LogP contribution in [0, 0.1) is 5.82 Å². The van der Waals surface area contributed by atoms with Gasteiger partial charge >= 0.3 is 0 Å². The molecule has 0 aromatic carbocycles. The Labute approximate surface area is 89.7 Å². The number of nitrogens with zero attached hydrogens (tertiary/aromatic N) is 1. The summed E-state index contributed by atoms with van der Waals surface area (Å²) < 4.78 is 18.1. The molecule has 0 aliphatic heterocycles. The lowest BCUT2D eigenvalue weighted by Gasteiger charge is -2.08. The van der Waals surface area contributed by atoms with E-state index in [2.05, 4.69) is 24.1 Å². The number of hydrogen-bond donors (Lipinski definition) is 1. The first-order valence-electron chi connectivity index (χ1n) is 5.09. The van der Waals surface area contributed by atoms with Crippen LogP contribution < -0.4 is 5.32 Å². The molecule has 0 amide bonds. The van der Waals surface area contributed by atoms with Crippen LogP contribution in [0.4, 0.5) is 4.39 Å². The van der Waals surface area contributed by atoms with Crippen molar-refractivity contribution in [3.05, 3.63) is 29.8 Å². The lowest BCUT2D eigenvalue weighted by atomic mass is 10.3. The summed E-state index contributed by atoms with van der Waals surface area (Å²) in [6.45, 7) is 5.99. The van der Waals surface area contributed by atoms with Gasteiger partial charge < -0.3 is 10.1 Å². The molecule has 1 aromatic rings. The minimum Gasteiger partial charge on any atom is -0.375 e. The van der Waals surface area contributed by atoms with Gasteiger partial charge in [0, 0.05) is 18.8 Å². The van der Waals surface area contributed by atoms with Crippen molar-refractivity contribution in [3.8, 4) is 0 Å². The van der Waals surface area contributed by atoms with Gasteiger partial charge in [0.25, 0.3) is 0 Å². The summed E-state index contributed by atoms with van der Waals surface area (Å²) in [7, 11) is 0. The Morgan fingerprint density at radius 1 is 1.47 bits per heavy atom. The predicted molar refractivity (Wildman–Crippen MR) is 57.0 cm³/mol. The van der Waals surface area contributed by atoms with Crippen LogP contribution in [0.3, 0.4) is 0 Å². The molecule has 15 heavy (non-hydrogen) atoms. The van der Waals surface area contributed by atoms with Crippen LogP contribution in [0.2, 0.25) is 0 Å². The van der Waals surface area contributed by atoms with Gasteiger partial charge in [0.05, 0.1) is 19.4 Å². The summed E-state index contributed by atoms with van der Waals surface area (Å²) in [4.78, 5) is 3.74. The van der Waals surface area contributed by atoms with Crippen molar-refractivity contribution in [1.82, 2.24) is 10.3 Å². The largest absolute Gasteiger partial charge is 0.375 e. The second-order valence-corrected chi connectivity index (χ2v) is 3.67. The summed E-state index contributed by atoms with van der Waals surface area (Å²) in [6, 6.07) is 1.90. The molecular formula is C11H17FN2O. The van der Waals surface area contributed by atoms with Crippen molar-refractivity contribution in [2.45, 2.75) is 26.5 Å². The monoisotopic (exact) mass is 212 g/mol. The van der Waals surface area contributed by atoms with Gasteiger partial charge in [-0.15, -0.1) is 0 Å². The third kappa shape index (κ3) is 5.44. The minimum absolute atomic E-state index is 0.323. The molecule has 0 spiro atoms. The van der Waals surface area contributed by atoms with Crippen molar-refractivity contribution < 1.29 is 9.13 Å². The van der Waals surface area contributed by atoms with Crippen LogP contribution in [0.1, 0.15) is 19.4 Å². The summed E-state index contributed by atoms with van der Waals surface area (Å²) in [5, 5.41) is 3.23. The molecule has 0 saturated carbocycles. The Bertz CT molecular complexity index is 292. The maximum atomic E-state index is 12.7. The molecule has 3 nitrogen and oxygen atoms in total. The smallest absolute Gasteiger partial charge is 0.141 e. The average molecular weight is 212 g/mol. The van der Waals surface area contributed by atoms with E-state index in [1.807, 2.05) is 0 Å². The Hall–Kier alpha value is -1.00. The SMILES string of the molecule is CC(C)NCCOCc1cncc(F)c1. The van der Waals surface area contributed by atoms with Crippen LogP contribution in [0.25, 0.3) is 0 Å². The van der Waals surface area contributed by atoms with E-state index < -0.39 is 0 Å². The van der Waals surface area contributed by atoms with E-state index in [1.54, 1.807) is 6.20 Å². The van der Waals surface area contributed by atoms with E-state index in [1.165, 1.54) is 12.3 Å². The number of pyridine rings is 1. The molecule has 1 N–H and O–H groups in total. The number of hydrogen-bond acceptors (Lipinski definition) is 3. The Balaban J connectivity index is 2.15. The molecule has 0 aliphatic carbocycles. The zero-order valence-electron chi connectivity index (χ0n) is 9.16. The number of nitrogens with one attached hydrogen (secondary N) is 1. The van der Waals surface area contributed by atoms with E-state index >= 15 is 0 Å². The van der Waals surface area contributed by atoms with Gasteiger partial charge in [-0.1, -0.05) is 13.8 Å². The van der Waals surface area contributed by atoms with E-state index in [9.17, 15) is 4.39 Å². The zero-order chi connectivity index (χ0) is 11.1. The number of aromatic nitrogens is 1. The normalized spacial score (nSPS) is 10.9. The Morgan fingerprint density at radius 3 is 2.93 bits per heavy atom. The summed E-state index contributed by atoms with van der Waals surface area (Å²) in [6.07, 6.45) is 2.79. The first kappa shape index (κ1) is 12.1. The quantitative estimate of drug-likeness (QED) is 0.729. The van der Waals surface area contributed by atoms with Gasteiger partial charge in [-0.25, -0.2) is 4.39 Å². The average Bonchev–Trinajstić information content (AvgIpc) is 2.17. The highest BCUT2D eigenvalue weighted by atomic mass is 19.1. The fourth-order valence-electron chi connectivity index (χ4n) is 1.14. The van der Waals surface area contributed by atoms with Crippen LogP contribution in [0.5, 0.6) is 0 Å². The van der Waals surface area contributed by atoms with Gasteiger partial charge in [-0.3, -0.25) is 4.98 Å². The highest BCUT2D eigenvalue weighted by molar-refractivity contribution is 5.08. The molecule has 0 aliphatic rings. The molecule has 1 aromatic heterocycles. The second kappa shape index (κ2) is 6.48. The molecular weight excluding hydrogens is 195 g/mol. The maximum Gasteiger partial charge on any atom is 0.141 e. The number of halogens is 1. The predicted octanol–water partition coefficient (Wildman–Crippen LogP) is 1.74. The molecule has 0 unspecified atom stereocenters. The van der Waals surface area contributed by atoms with Gasteiger partial charge in [-0.2, -0.15) is 0 Å². The number of rotatable bonds is 6. The van der Waals surface area contributed by atoms with Crippen LogP contribution >= 0.6 is 0 Å². The fourth-order valence-corrected chi connectivity index (χ4v) is 1.14. The lowest BCUT2D eigenvalue weighted by Crippen LogP contribution is -2.26. The van der Waals surface area contributed by atoms with E-state index in [0.717, 1.165) is 12.1 Å². The molecule has 0 atom stereocenters. The number of ether oxygens (including phenoxy) is 1. The summed E-state index contributed by atoms with van der Waals surface area (Å²) in [5.41, 5.74) is 0.763. The first-order chi connectivity index (χ1) is 7.18. The van der Waals surface area contributed by atoms with Gasteiger partial charge in [0.2, 0.25) is 0 Å². The molecule has 1 rings (SSSR count). The van der Waals surface area contributed by atoms with E-state index in [-0.39, 0.29) is 5.82 Å². The van der Waals surface area contributed by atoms with Crippen molar-refractivity contribution >= 4 is 0 Å². The topological polar surface area (TPSA) is 34.1 Å². The molecule has 84 valence electrons. The van der Waals surface area contributed by atoms with Crippen molar-refractivity contribution in [3.63, 3.8) is 0 Å². The van der Waals surface area contributed by atoms with Gasteiger partial charge in [-0.05, 0) is 11.6 Å². The molecule has 1 heterocycles. The molecule has 0 radical (unpaired) electrons.